The zero-order valence-electron chi connectivity index (χ0n) is 27.2. The van der Waals surface area contributed by atoms with Crippen LogP contribution < -0.4 is 20.7 Å². The van der Waals surface area contributed by atoms with Crippen LogP contribution in [0.15, 0.2) is 59.3 Å². The molecule has 3 aromatic rings. The number of aromatic nitrogens is 2. The second kappa shape index (κ2) is 11.2. The topological polar surface area (TPSA) is 97.2 Å². The molecule has 0 radical (unpaired) electrons. The van der Waals surface area contributed by atoms with Crippen LogP contribution in [0.1, 0.15) is 31.7 Å². The lowest BCUT2D eigenvalue weighted by molar-refractivity contribution is -0.118. The molecular weight excluding hydrogens is 597 g/mol. The summed E-state index contributed by atoms with van der Waals surface area (Å²) in [7, 11) is 3.76. The molecule has 4 unspecified atom stereocenters. The van der Waals surface area contributed by atoms with Crippen molar-refractivity contribution in [1.29, 1.82) is 0 Å². The zero-order chi connectivity index (χ0) is 32.6. The maximum Gasteiger partial charge on any atom is 0.274 e. The molecule has 1 aromatic carbocycles. The first kappa shape index (κ1) is 30.1. The average molecular weight is 640 g/mol. The number of carbonyl (C=O) groups excluding carboxylic acids is 1. The lowest BCUT2D eigenvalue weighted by atomic mass is 9.72. The molecule has 1 amide bonds. The van der Waals surface area contributed by atoms with Gasteiger partial charge in [0, 0.05) is 75.1 Å². The van der Waals surface area contributed by atoms with Gasteiger partial charge in [0.15, 0.2) is 0 Å². The smallest absolute Gasteiger partial charge is 0.274 e. The molecule has 4 atom stereocenters. The maximum absolute atomic E-state index is 15.4. The molecular formula is C36H42FN7O3. The number of aliphatic hydroxyl groups is 1. The summed E-state index contributed by atoms with van der Waals surface area (Å²) < 4.78 is 16.9. The SMILES string of the molecule is CN1CCN(c2ccc(Nc3cc(-c4cc(F)cc(N5CCN6C(=CC7(C)C8CCC(C8)C67)C5=O)c4CO)cn(C)c3=O)nc2)CC1. The Morgan fingerprint density at radius 1 is 1.04 bits per heavy atom. The summed E-state index contributed by atoms with van der Waals surface area (Å²) in [5.41, 5.74) is 3.50. The van der Waals surface area contributed by atoms with Gasteiger partial charge in [-0.1, -0.05) is 6.92 Å². The molecule has 8 rings (SSSR count). The number of pyridine rings is 2. The molecule has 4 fully saturated rings. The number of nitrogens with one attached hydrogen (secondary N) is 1. The van der Waals surface area contributed by atoms with Crippen LogP contribution in [0.2, 0.25) is 0 Å². The van der Waals surface area contributed by atoms with Crippen LogP contribution in [0.25, 0.3) is 11.1 Å². The summed E-state index contributed by atoms with van der Waals surface area (Å²) in [6.07, 6.45) is 9.28. The number of aryl methyl sites for hydroxylation is 1. The van der Waals surface area contributed by atoms with Crippen LogP contribution >= 0.6 is 0 Å². The summed E-state index contributed by atoms with van der Waals surface area (Å²) >= 11 is 0. The first-order valence-corrected chi connectivity index (χ1v) is 16.8. The standard InChI is InChI=1S/C36H42FN7O3/c1-36-18-31-35(47)44(13-12-43(31)33(36)22-4-5-24(36)14-22)30-17-25(37)16-27(28(30)21-45)23-15-29(34(46)41(3)20-23)39-32-7-6-26(19-38-32)42-10-8-40(2)9-11-42/h6-7,15-20,22,24,33,45H,4-5,8-14,21H2,1-3H3,(H,38,39). The number of rotatable bonds is 6. The monoisotopic (exact) mass is 639 g/mol. The first-order valence-electron chi connectivity index (χ1n) is 16.8. The van der Waals surface area contributed by atoms with Crippen LogP contribution in [0.4, 0.5) is 27.3 Å². The van der Waals surface area contributed by atoms with Gasteiger partial charge in [0.25, 0.3) is 11.5 Å². The number of aliphatic hydroxyl groups excluding tert-OH is 1. The van der Waals surface area contributed by atoms with E-state index in [2.05, 4.69) is 45.0 Å². The van der Waals surface area contributed by atoms with Crippen molar-refractivity contribution in [3.63, 3.8) is 0 Å². The van der Waals surface area contributed by atoms with Gasteiger partial charge in [0.2, 0.25) is 0 Å². The number of anilines is 4. The lowest BCUT2D eigenvalue weighted by Crippen LogP contribution is -2.53. The Labute approximate surface area is 274 Å². The summed E-state index contributed by atoms with van der Waals surface area (Å²) in [5, 5.41) is 13.8. The van der Waals surface area contributed by atoms with E-state index in [1.54, 1.807) is 30.4 Å². The van der Waals surface area contributed by atoms with Crippen molar-refractivity contribution >= 4 is 28.8 Å². The van der Waals surface area contributed by atoms with E-state index in [9.17, 15) is 14.7 Å². The fourth-order valence-corrected chi connectivity index (χ4v) is 9.15. The van der Waals surface area contributed by atoms with Crippen molar-refractivity contribution in [3.8, 4) is 11.1 Å². The summed E-state index contributed by atoms with van der Waals surface area (Å²) in [4.78, 5) is 40.4. The number of halogens is 1. The Morgan fingerprint density at radius 3 is 2.60 bits per heavy atom. The van der Waals surface area contributed by atoms with Crippen molar-refractivity contribution in [1.82, 2.24) is 19.4 Å². The predicted molar refractivity (Wildman–Crippen MR) is 180 cm³/mol. The van der Waals surface area contributed by atoms with E-state index >= 15 is 4.39 Å². The largest absolute Gasteiger partial charge is 0.392 e. The highest BCUT2D eigenvalue weighted by molar-refractivity contribution is 6.07. The van der Waals surface area contributed by atoms with Gasteiger partial charge in [-0.25, -0.2) is 9.37 Å². The summed E-state index contributed by atoms with van der Waals surface area (Å²) in [6.45, 7) is 6.81. The molecule has 2 aliphatic carbocycles. The zero-order valence-corrected chi connectivity index (χ0v) is 27.2. The Bertz CT molecular complexity index is 1830. The highest BCUT2D eigenvalue weighted by atomic mass is 19.1. The molecule has 47 heavy (non-hydrogen) atoms. The lowest BCUT2D eigenvalue weighted by Gasteiger charge is -2.43. The number of likely N-dealkylation sites (N-methyl/N-ethyl adjacent to an activating group) is 1. The Kier molecular flexibility index (Phi) is 7.18. The minimum atomic E-state index is -0.519. The number of hydrogen-bond acceptors (Lipinski definition) is 8. The van der Waals surface area contributed by atoms with Crippen molar-refractivity contribution in [2.24, 2.45) is 24.3 Å². The fourth-order valence-electron chi connectivity index (χ4n) is 9.15. The van der Waals surface area contributed by atoms with Crippen molar-refractivity contribution in [2.45, 2.75) is 38.8 Å². The van der Waals surface area contributed by atoms with Gasteiger partial charge >= 0.3 is 0 Å². The number of fused-ring (bicyclic) bond motifs is 7. The summed E-state index contributed by atoms with van der Waals surface area (Å²) in [5.74, 6) is 1.06. The molecule has 246 valence electrons. The molecule has 10 nitrogen and oxygen atoms in total. The van der Waals surface area contributed by atoms with Gasteiger partial charge in [-0.3, -0.25) is 9.59 Å². The highest BCUT2D eigenvalue weighted by Gasteiger charge is 2.61. The Hall–Kier alpha value is -4.22. The molecule has 2 aromatic heterocycles. The molecule has 2 saturated heterocycles. The minimum Gasteiger partial charge on any atom is -0.392 e. The fraction of sp³-hybridized carbons (Fsp3) is 0.472. The van der Waals surface area contributed by atoms with Gasteiger partial charge < -0.3 is 34.6 Å². The van der Waals surface area contributed by atoms with Crippen LogP contribution in [-0.2, 0) is 18.4 Å². The van der Waals surface area contributed by atoms with E-state index in [1.165, 1.54) is 36.0 Å². The number of benzene rings is 1. The van der Waals surface area contributed by atoms with Crippen LogP contribution in [-0.4, -0.2) is 82.7 Å². The van der Waals surface area contributed by atoms with Gasteiger partial charge in [-0.05, 0) is 80.1 Å². The number of nitrogens with zero attached hydrogens (tertiary/aromatic N) is 6. The van der Waals surface area contributed by atoms with Gasteiger partial charge in [-0.2, -0.15) is 0 Å². The van der Waals surface area contributed by atoms with E-state index < -0.39 is 12.4 Å². The van der Waals surface area contributed by atoms with Crippen molar-refractivity contribution in [2.75, 3.05) is 61.4 Å². The number of hydrogen-bond donors (Lipinski definition) is 2. The molecule has 0 spiro atoms. The van der Waals surface area contributed by atoms with E-state index in [1.807, 2.05) is 12.1 Å². The van der Waals surface area contributed by atoms with E-state index in [0.717, 1.165) is 31.9 Å². The maximum atomic E-state index is 15.4. The number of amides is 1. The molecule has 2 bridgehead atoms. The van der Waals surface area contributed by atoms with Gasteiger partial charge in [0.1, 0.15) is 23.0 Å². The Morgan fingerprint density at radius 2 is 1.85 bits per heavy atom. The molecule has 11 heteroatoms. The van der Waals surface area contributed by atoms with Crippen molar-refractivity contribution < 1.29 is 14.3 Å². The van der Waals surface area contributed by atoms with E-state index in [0.29, 0.717) is 64.9 Å². The molecule has 3 aliphatic heterocycles. The van der Waals surface area contributed by atoms with Gasteiger partial charge in [0.05, 0.1) is 24.2 Å². The molecule has 5 heterocycles. The first-order chi connectivity index (χ1) is 22.6. The Balaban J connectivity index is 1.10. The predicted octanol–water partition coefficient (Wildman–Crippen LogP) is 3.93. The van der Waals surface area contributed by atoms with Gasteiger partial charge in [-0.15, -0.1) is 0 Å². The van der Waals surface area contributed by atoms with Crippen LogP contribution in [0.3, 0.4) is 0 Å². The van der Waals surface area contributed by atoms with E-state index in [-0.39, 0.29) is 22.6 Å². The quantitative estimate of drug-likeness (QED) is 0.419. The molecule has 2 N–H and O–H groups in total. The number of piperazine rings is 2. The third kappa shape index (κ3) is 4.85. The van der Waals surface area contributed by atoms with Crippen LogP contribution in [0.5, 0.6) is 0 Å². The number of carbonyl (C=O) groups is 1. The highest BCUT2D eigenvalue weighted by Crippen LogP contribution is 2.62. The van der Waals surface area contributed by atoms with Crippen LogP contribution in [0, 0.1) is 23.1 Å². The second-order valence-electron chi connectivity index (χ2n) is 14.2. The third-order valence-corrected chi connectivity index (χ3v) is 11.6. The molecule has 5 aliphatic rings. The second-order valence-corrected chi connectivity index (χ2v) is 14.2. The van der Waals surface area contributed by atoms with E-state index in [4.69, 9.17) is 0 Å². The summed E-state index contributed by atoms with van der Waals surface area (Å²) in [6, 6.07) is 8.57. The third-order valence-electron chi connectivity index (χ3n) is 11.6. The normalized spacial score (nSPS) is 26.9. The molecule has 2 saturated carbocycles. The minimum absolute atomic E-state index is 0.00515. The average Bonchev–Trinajstić information content (AvgIpc) is 3.74. The van der Waals surface area contributed by atoms with Crippen molar-refractivity contribution in [3.05, 3.63) is 76.2 Å².